The second-order valence-electron chi connectivity index (χ2n) is 5.35. The van der Waals surface area contributed by atoms with Gasteiger partial charge in [0.25, 0.3) is 0 Å². The van der Waals surface area contributed by atoms with E-state index in [1.165, 1.54) is 24.0 Å². The van der Waals surface area contributed by atoms with Gasteiger partial charge in [-0.3, -0.25) is 0 Å². The molecule has 1 aromatic carbocycles. The fourth-order valence-electron chi connectivity index (χ4n) is 2.60. The zero-order valence-corrected chi connectivity index (χ0v) is 11.1. The van der Waals surface area contributed by atoms with Crippen LogP contribution in [0.5, 0.6) is 0 Å². The predicted octanol–water partition coefficient (Wildman–Crippen LogP) is 3.09. The van der Waals surface area contributed by atoms with Crippen LogP contribution in [0.2, 0.25) is 0 Å². The lowest BCUT2D eigenvalue weighted by Gasteiger charge is -2.24. The Morgan fingerprint density at radius 1 is 1.28 bits per heavy atom. The highest BCUT2D eigenvalue weighted by atomic mass is 16.4. The lowest BCUT2D eigenvalue weighted by Crippen LogP contribution is -2.34. The molecule has 1 atom stereocenters. The summed E-state index contributed by atoms with van der Waals surface area (Å²) in [6.07, 6.45) is 4.61. The van der Waals surface area contributed by atoms with Crippen molar-refractivity contribution in [1.82, 2.24) is 0 Å². The number of carboxylic acid groups (broad SMARTS) is 1. The highest BCUT2D eigenvalue weighted by Crippen LogP contribution is 2.28. The van der Waals surface area contributed by atoms with E-state index in [1.54, 1.807) is 0 Å². The molecule has 0 fully saturated rings. The van der Waals surface area contributed by atoms with E-state index in [0.29, 0.717) is 0 Å². The summed E-state index contributed by atoms with van der Waals surface area (Å²) in [6.45, 7) is 3.86. The minimum absolute atomic E-state index is 0.0712. The first-order valence-corrected chi connectivity index (χ1v) is 6.69. The number of nitrogens with one attached hydrogen (secondary N) is 1. The Kier molecular flexibility index (Phi) is 3.90. The third-order valence-electron chi connectivity index (χ3n) is 3.64. The van der Waals surface area contributed by atoms with E-state index < -0.39 is 12.0 Å². The first kappa shape index (κ1) is 12.9. The minimum Gasteiger partial charge on any atom is -0.480 e. The number of anilines is 1. The van der Waals surface area contributed by atoms with E-state index >= 15 is 0 Å². The zero-order chi connectivity index (χ0) is 13.1. The third-order valence-corrected chi connectivity index (χ3v) is 3.64. The fourth-order valence-corrected chi connectivity index (χ4v) is 2.60. The molecule has 0 saturated heterocycles. The molecule has 0 spiro atoms. The second-order valence-corrected chi connectivity index (χ2v) is 5.35. The Balaban J connectivity index is 2.25. The number of rotatable bonds is 4. The minimum atomic E-state index is -0.779. The van der Waals surface area contributed by atoms with Crippen LogP contribution in [0.4, 0.5) is 5.69 Å². The van der Waals surface area contributed by atoms with Crippen molar-refractivity contribution in [2.75, 3.05) is 5.32 Å². The summed E-state index contributed by atoms with van der Waals surface area (Å²) in [6, 6.07) is 5.66. The van der Waals surface area contributed by atoms with E-state index in [4.69, 9.17) is 0 Å². The van der Waals surface area contributed by atoms with Gasteiger partial charge in [-0.15, -0.1) is 0 Å². The van der Waals surface area contributed by atoms with Crippen molar-refractivity contribution in [2.24, 2.45) is 5.92 Å². The Bertz CT molecular complexity index is 440. The second kappa shape index (κ2) is 5.42. The van der Waals surface area contributed by atoms with Gasteiger partial charge in [0, 0.05) is 5.69 Å². The van der Waals surface area contributed by atoms with Crippen LogP contribution in [0.25, 0.3) is 0 Å². The Morgan fingerprint density at radius 2 is 2.00 bits per heavy atom. The molecule has 1 aliphatic rings. The fraction of sp³-hybridized carbons (Fsp3) is 0.533. The molecule has 2 N–H and O–H groups in total. The normalized spacial score (nSPS) is 16.2. The highest BCUT2D eigenvalue weighted by molar-refractivity contribution is 5.78. The molecule has 0 saturated carbocycles. The summed E-state index contributed by atoms with van der Waals surface area (Å²) in [7, 11) is 0. The monoisotopic (exact) mass is 247 g/mol. The number of carbonyl (C=O) groups is 1. The van der Waals surface area contributed by atoms with Crippen molar-refractivity contribution in [1.29, 1.82) is 0 Å². The molecule has 0 aliphatic heterocycles. The van der Waals surface area contributed by atoms with Gasteiger partial charge in [0.1, 0.15) is 6.04 Å². The maximum Gasteiger partial charge on any atom is 0.326 e. The number of fused-ring (bicyclic) bond motifs is 1. The van der Waals surface area contributed by atoms with E-state index in [2.05, 4.69) is 11.4 Å². The van der Waals surface area contributed by atoms with E-state index in [-0.39, 0.29) is 5.92 Å². The zero-order valence-electron chi connectivity index (χ0n) is 11.1. The first-order valence-electron chi connectivity index (χ1n) is 6.69. The van der Waals surface area contributed by atoms with Crippen LogP contribution in [-0.4, -0.2) is 17.1 Å². The number of hydrogen-bond acceptors (Lipinski definition) is 2. The number of hydrogen-bond donors (Lipinski definition) is 2. The van der Waals surface area contributed by atoms with Crippen LogP contribution in [0.1, 0.15) is 37.8 Å². The molecule has 0 radical (unpaired) electrons. The molecule has 0 aromatic heterocycles. The maximum atomic E-state index is 11.3. The summed E-state index contributed by atoms with van der Waals surface area (Å²) in [5.41, 5.74) is 3.70. The molecule has 3 nitrogen and oxygen atoms in total. The Labute approximate surface area is 108 Å². The van der Waals surface area contributed by atoms with Crippen LogP contribution in [0.15, 0.2) is 18.2 Å². The lowest BCUT2D eigenvalue weighted by molar-refractivity contribution is -0.138. The molecule has 98 valence electrons. The smallest absolute Gasteiger partial charge is 0.326 e. The quantitative estimate of drug-likeness (QED) is 0.859. The lowest BCUT2D eigenvalue weighted by atomic mass is 9.90. The molecule has 18 heavy (non-hydrogen) atoms. The number of aryl methyl sites for hydroxylation is 1. The SMILES string of the molecule is CC(C)C(Nc1cccc2c1CCCC2)C(=O)O. The summed E-state index contributed by atoms with van der Waals surface area (Å²) in [5.74, 6) is -0.708. The summed E-state index contributed by atoms with van der Waals surface area (Å²) < 4.78 is 0. The summed E-state index contributed by atoms with van der Waals surface area (Å²) in [5, 5.41) is 12.5. The molecule has 2 rings (SSSR count). The van der Waals surface area contributed by atoms with E-state index in [0.717, 1.165) is 18.5 Å². The van der Waals surface area contributed by atoms with Crippen molar-refractivity contribution in [3.05, 3.63) is 29.3 Å². The van der Waals surface area contributed by atoms with Crippen molar-refractivity contribution < 1.29 is 9.90 Å². The highest BCUT2D eigenvalue weighted by Gasteiger charge is 2.23. The topological polar surface area (TPSA) is 49.3 Å². The third kappa shape index (κ3) is 2.66. The average Bonchev–Trinajstić information content (AvgIpc) is 2.35. The number of aliphatic carboxylic acids is 1. The van der Waals surface area contributed by atoms with Crippen molar-refractivity contribution >= 4 is 11.7 Å². The van der Waals surface area contributed by atoms with Gasteiger partial charge >= 0.3 is 5.97 Å². The van der Waals surface area contributed by atoms with Gasteiger partial charge < -0.3 is 10.4 Å². The molecule has 1 aliphatic carbocycles. The molecular weight excluding hydrogens is 226 g/mol. The molecule has 0 heterocycles. The van der Waals surface area contributed by atoms with Crippen LogP contribution < -0.4 is 5.32 Å². The molecule has 0 bridgehead atoms. The van der Waals surface area contributed by atoms with Gasteiger partial charge in [-0.05, 0) is 48.8 Å². The van der Waals surface area contributed by atoms with Gasteiger partial charge in [0.2, 0.25) is 0 Å². The molecular formula is C15H21NO2. The van der Waals surface area contributed by atoms with E-state index in [1.807, 2.05) is 26.0 Å². The van der Waals surface area contributed by atoms with Crippen LogP contribution in [0.3, 0.4) is 0 Å². The van der Waals surface area contributed by atoms with Crippen molar-refractivity contribution in [3.63, 3.8) is 0 Å². The predicted molar refractivity (Wildman–Crippen MR) is 73.0 cm³/mol. The standard InChI is InChI=1S/C15H21NO2/c1-10(2)14(15(17)18)16-13-9-5-7-11-6-3-4-8-12(11)13/h5,7,9-10,14,16H,3-4,6,8H2,1-2H3,(H,17,18). The molecule has 3 heteroatoms. The van der Waals surface area contributed by atoms with Gasteiger partial charge in [0.05, 0.1) is 0 Å². The average molecular weight is 247 g/mol. The Hall–Kier alpha value is -1.51. The number of carboxylic acids is 1. The summed E-state index contributed by atoms with van der Waals surface area (Å²) in [4.78, 5) is 11.3. The van der Waals surface area contributed by atoms with Crippen LogP contribution in [-0.2, 0) is 17.6 Å². The van der Waals surface area contributed by atoms with Crippen molar-refractivity contribution in [2.45, 2.75) is 45.6 Å². The molecule has 1 unspecified atom stereocenters. The van der Waals surface area contributed by atoms with Crippen LogP contribution >= 0.6 is 0 Å². The van der Waals surface area contributed by atoms with E-state index in [9.17, 15) is 9.90 Å². The first-order chi connectivity index (χ1) is 8.59. The van der Waals surface area contributed by atoms with Gasteiger partial charge in [-0.25, -0.2) is 4.79 Å². The summed E-state index contributed by atoms with van der Waals surface area (Å²) >= 11 is 0. The van der Waals surface area contributed by atoms with Gasteiger partial charge in [-0.1, -0.05) is 26.0 Å². The number of benzene rings is 1. The Morgan fingerprint density at radius 3 is 2.67 bits per heavy atom. The van der Waals surface area contributed by atoms with Crippen molar-refractivity contribution in [3.8, 4) is 0 Å². The van der Waals surface area contributed by atoms with Gasteiger partial charge in [-0.2, -0.15) is 0 Å². The van der Waals surface area contributed by atoms with Crippen LogP contribution in [0, 0.1) is 5.92 Å². The largest absolute Gasteiger partial charge is 0.480 e. The molecule has 1 aromatic rings. The molecule has 0 amide bonds. The van der Waals surface area contributed by atoms with Gasteiger partial charge in [0.15, 0.2) is 0 Å². The maximum absolute atomic E-state index is 11.3.